The van der Waals surface area contributed by atoms with Gasteiger partial charge in [0, 0.05) is 24.2 Å². The maximum absolute atomic E-state index is 14.2. The Morgan fingerprint density at radius 1 is 1.07 bits per heavy atom. The number of nitrogens with one attached hydrogen (secondary N) is 1. The molecule has 0 aliphatic carbocycles. The normalized spacial score (nSPS) is 11.5. The molecule has 0 atom stereocenters. The first kappa shape index (κ1) is 19.8. The van der Waals surface area contributed by atoms with Gasteiger partial charge in [-0.1, -0.05) is 18.2 Å². The van der Waals surface area contributed by atoms with E-state index in [4.69, 9.17) is 11.6 Å². The van der Waals surface area contributed by atoms with E-state index in [1.807, 2.05) is 5.10 Å². The molecule has 0 saturated carbocycles. The number of carbonyl (C=O) groups is 1. The Bertz CT molecular complexity index is 1050. The van der Waals surface area contributed by atoms with Crippen molar-refractivity contribution in [2.75, 3.05) is 11.9 Å². The van der Waals surface area contributed by atoms with E-state index < -0.39 is 40.0 Å². The highest BCUT2D eigenvalue weighted by Gasteiger charge is 2.36. The molecule has 28 heavy (non-hydrogen) atoms. The van der Waals surface area contributed by atoms with Gasteiger partial charge in [0.15, 0.2) is 11.6 Å². The Kier molecular flexibility index (Phi) is 5.12. The van der Waals surface area contributed by atoms with E-state index in [2.05, 4.69) is 5.10 Å². The monoisotopic (exact) mass is 415 g/mol. The van der Waals surface area contributed by atoms with Gasteiger partial charge in [0.05, 0.1) is 17.4 Å². The standard InChI is InChI=1S/C18H11ClF5N3O/c1-27(17(28)11-8-25-26-16(11)18(19,23)24)15-5-3-2-4-9(15)10-6-13(21)14(22)7-12(10)20/h2-8H,1H3,(H,25,26). The highest BCUT2D eigenvalue weighted by molar-refractivity contribution is 6.22. The van der Waals surface area contributed by atoms with E-state index in [9.17, 15) is 26.7 Å². The van der Waals surface area contributed by atoms with Crippen molar-refractivity contribution < 1.29 is 26.7 Å². The Balaban J connectivity index is 2.08. The van der Waals surface area contributed by atoms with Crippen molar-refractivity contribution in [2.45, 2.75) is 5.38 Å². The highest BCUT2D eigenvalue weighted by Crippen LogP contribution is 2.36. The number of H-pyrrole nitrogens is 1. The molecule has 0 aliphatic rings. The molecule has 10 heteroatoms. The van der Waals surface area contributed by atoms with Gasteiger partial charge in [-0.3, -0.25) is 9.89 Å². The van der Waals surface area contributed by atoms with E-state index in [1.165, 1.54) is 31.3 Å². The van der Waals surface area contributed by atoms with Crippen LogP contribution < -0.4 is 4.90 Å². The van der Waals surface area contributed by atoms with Gasteiger partial charge in [0.2, 0.25) is 0 Å². The molecule has 2 aromatic carbocycles. The lowest BCUT2D eigenvalue weighted by Gasteiger charge is -2.21. The number of alkyl halides is 3. The zero-order valence-electron chi connectivity index (χ0n) is 14.1. The van der Waals surface area contributed by atoms with Crippen LogP contribution in [0.1, 0.15) is 16.1 Å². The Hall–Kier alpha value is -2.94. The van der Waals surface area contributed by atoms with Crippen LogP contribution in [0.15, 0.2) is 42.6 Å². The third-order valence-electron chi connectivity index (χ3n) is 4.02. The van der Waals surface area contributed by atoms with Gasteiger partial charge in [-0.15, -0.1) is 0 Å². The second-order valence-corrected chi connectivity index (χ2v) is 6.26. The van der Waals surface area contributed by atoms with Crippen LogP contribution in [0.4, 0.5) is 27.6 Å². The molecule has 0 bridgehead atoms. The average molecular weight is 416 g/mol. The maximum atomic E-state index is 14.2. The summed E-state index contributed by atoms with van der Waals surface area (Å²) in [5.41, 5.74) is -1.57. The van der Waals surface area contributed by atoms with Crippen molar-refractivity contribution >= 4 is 23.2 Å². The summed E-state index contributed by atoms with van der Waals surface area (Å²) in [4.78, 5) is 13.7. The molecule has 1 heterocycles. The smallest absolute Gasteiger partial charge is 0.311 e. The predicted molar refractivity (Wildman–Crippen MR) is 92.8 cm³/mol. The van der Waals surface area contributed by atoms with Crippen LogP contribution in [-0.4, -0.2) is 23.2 Å². The van der Waals surface area contributed by atoms with Crippen LogP contribution in [0.5, 0.6) is 0 Å². The Morgan fingerprint density at radius 2 is 1.71 bits per heavy atom. The number of hydrogen-bond donors (Lipinski definition) is 1. The van der Waals surface area contributed by atoms with Crippen LogP contribution in [0.25, 0.3) is 11.1 Å². The summed E-state index contributed by atoms with van der Waals surface area (Å²) in [6, 6.07) is 6.80. The molecule has 3 aromatic rings. The first-order valence-corrected chi connectivity index (χ1v) is 8.11. The fraction of sp³-hybridized carbons (Fsp3) is 0.111. The minimum absolute atomic E-state index is 0.0532. The fourth-order valence-electron chi connectivity index (χ4n) is 2.68. The van der Waals surface area contributed by atoms with Crippen molar-refractivity contribution in [1.29, 1.82) is 0 Å². The SMILES string of the molecule is CN(C(=O)c1cn[nH]c1C(F)(F)Cl)c1ccccc1-c1cc(F)c(F)cc1F. The topological polar surface area (TPSA) is 49.0 Å². The largest absolute Gasteiger partial charge is 0.365 e. The zero-order valence-corrected chi connectivity index (χ0v) is 14.9. The number of nitrogens with zero attached hydrogens (tertiary/aromatic N) is 2. The van der Waals surface area contributed by atoms with E-state index >= 15 is 0 Å². The number of amides is 1. The third-order valence-corrected chi connectivity index (χ3v) is 4.21. The summed E-state index contributed by atoms with van der Waals surface area (Å²) < 4.78 is 68.0. The van der Waals surface area contributed by atoms with Crippen molar-refractivity contribution in [2.24, 2.45) is 0 Å². The molecular formula is C18H11ClF5N3O. The van der Waals surface area contributed by atoms with Crippen LogP contribution in [0, 0.1) is 17.5 Å². The summed E-state index contributed by atoms with van der Waals surface area (Å²) >= 11 is 4.98. The Labute approximate surface area is 160 Å². The summed E-state index contributed by atoms with van der Waals surface area (Å²) in [7, 11) is 1.25. The molecule has 1 aromatic heterocycles. The third kappa shape index (κ3) is 3.57. The van der Waals surface area contributed by atoms with Crippen LogP contribution in [-0.2, 0) is 5.38 Å². The minimum Gasteiger partial charge on any atom is -0.311 e. The lowest BCUT2D eigenvalue weighted by atomic mass is 10.0. The van der Waals surface area contributed by atoms with Gasteiger partial charge in [-0.2, -0.15) is 13.9 Å². The van der Waals surface area contributed by atoms with Crippen LogP contribution in [0.3, 0.4) is 0 Å². The average Bonchev–Trinajstić information content (AvgIpc) is 3.14. The lowest BCUT2D eigenvalue weighted by Crippen LogP contribution is -2.28. The van der Waals surface area contributed by atoms with Crippen molar-refractivity contribution in [1.82, 2.24) is 10.2 Å². The van der Waals surface area contributed by atoms with Crippen molar-refractivity contribution in [3.05, 3.63) is 71.3 Å². The summed E-state index contributed by atoms with van der Waals surface area (Å²) in [5.74, 6) is -4.61. The van der Waals surface area contributed by atoms with Gasteiger partial charge in [-0.25, -0.2) is 13.2 Å². The van der Waals surface area contributed by atoms with Crippen molar-refractivity contribution in [3.8, 4) is 11.1 Å². The maximum Gasteiger partial charge on any atom is 0.365 e. The number of benzene rings is 2. The van der Waals surface area contributed by atoms with Crippen molar-refractivity contribution in [3.63, 3.8) is 0 Å². The number of carbonyl (C=O) groups excluding carboxylic acids is 1. The van der Waals surface area contributed by atoms with Gasteiger partial charge >= 0.3 is 5.38 Å². The number of rotatable bonds is 4. The molecule has 0 unspecified atom stereocenters. The number of hydrogen-bond acceptors (Lipinski definition) is 2. The number of anilines is 1. The van der Waals surface area contributed by atoms with E-state index in [0.717, 1.165) is 11.1 Å². The van der Waals surface area contributed by atoms with Crippen LogP contribution >= 0.6 is 11.6 Å². The molecule has 1 N–H and O–H groups in total. The van der Waals surface area contributed by atoms with Crippen LogP contribution in [0.2, 0.25) is 0 Å². The number of halogens is 6. The lowest BCUT2D eigenvalue weighted by molar-refractivity contribution is 0.0846. The number of aromatic nitrogens is 2. The molecule has 1 amide bonds. The number of aromatic amines is 1. The molecule has 0 spiro atoms. The summed E-state index contributed by atoms with van der Waals surface area (Å²) in [5, 5.41) is 1.52. The molecule has 0 fully saturated rings. The van der Waals surface area contributed by atoms with Gasteiger partial charge in [-0.05, 0) is 23.7 Å². The first-order valence-electron chi connectivity index (χ1n) is 7.73. The number of para-hydroxylation sites is 1. The van der Waals surface area contributed by atoms with E-state index in [-0.39, 0.29) is 16.8 Å². The fourth-order valence-corrected chi connectivity index (χ4v) is 2.82. The molecule has 4 nitrogen and oxygen atoms in total. The first-order chi connectivity index (χ1) is 13.1. The molecule has 0 radical (unpaired) electrons. The summed E-state index contributed by atoms with van der Waals surface area (Å²) in [6.07, 6.45) is 0.880. The zero-order chi connectivity index (χ0) is 20.6. The second-order valence-electron chi connectivity index (χ2n) is 5.78. The molecule has 0 aliphatic heterocycles. The van der Waals surface area contributed by atoms with E-state index in [1.54, 1.807) is 0 Å². The second kappa shape index (κ2) is 7.23. The van der Waals surface area contributed by atoms with E-state index in [0.29, 0.717) is 12.1 Å². The quantitative estimate of drug-likeness (QED) is 0.368. The molecular weight excluding hydrogens is 405 g/mol. The Morgan fingerprint density at radius 3 is 2.39 bits per heavy atom. The summed E-state index contributed by atoms with van der Waals surface area (Å²) in [6.45, 7) is 0. The van der Waals surface area contributed by atoms with Gasteiger partial charge < -0.3 is 4.90 Å². The molecule has 3 rings (SSSR count). The minimum atomic E-state index is -3.87. The van der Waals surface area contributed by atoms with Gasteiger partial charge in [0.25, 0.3) is 5.91 Å². The predicted octanol–water partition coefficient (Wildman–Crippen LogP) is 5.06. The van der Waals surface area contributed by atoms with Gasteiger partial charge in [0.1, 0.15) is 11.5 Å². The molecule has 146 valence electrons. The highest BCUT2D eigenvalue weighted by atomic mass is 35.5. The molecule has 0 saturated heterocycles.